The van der Waals surface area contributed by atoms with Crippen LogP contribution in [0.1, 0.15) is 24.5 Å². The summed E-state index contributed by atoms with van der Waals surface area (Å²) in [5.41, 5.74) is 5.57. The van der Waals surface area contributed by atoms with Gasteiger partial charge in [0.15, 0.2) is 0 Å². The summed E-state index contributed by atoms with van der Waals surface area (Å²) in [6.45, 7) is 4.35. The van der Waals surface area contributed by atoms with E-state index in [1.807, 2.05) is 0 Å². The van der Waals surface area contributed by atoms with Gasteiger partial charge in [0, 0.05) is 0 Å². The van der Waals surface area contributed by atoms with Gasteiger partial charge >= 0.3 is 0 Å². The molecule has 0 saturated carbocycles. The van der Waals surface area contributed by atoms with Gasteiger partial charge in [0.1, 0.15) is 0 Å². The summed E-state index contributed by atoms with van der Waals surface area (Å²) in [4.78, 5) is 0. The lowest BCUT2D eigenvalue weighted by Gasteiger charge is -2.07. The van der Waals surface area contributed by atoms with Crippen molar-refractivity contribution in [2.24, 2.45) is 0 Å². The highest BCUT2D eigenvalue weighted by atomic mass is 14.1. The molecule has 0 heteroatoms. The lowest BCUT2D eigenvalue weighted by molar-refractivity contribution is 1.41. The van der Waals surface area contributed by atoms with E-state index in [4.69, 9.17) is 0 Å². The first-order chi connectivity index (χ1) is 6.29. The SMILES string of the molecule is CC1=CCC=C1c1ccccc1C. The van der Waals surface area contributed by atoms with Crippen LogP contribution in [0.25, 0.3) is 5.57 Å². The van der Waals surface area contributed by atoms with Crippen molar-refractivity contribution in [3.05, 3.63) is 53.1 Å². The van der Waals surface area contributed by atoms with Crippen LogP contribution in [0.15, 0.2) is 42.0 Å². The average molecular weight is 170 g/mol. The molecule has 0 fully saturated rings. The highest BCUT2D eigenvalue weighted by Crippen LogP contribution is 2.30. The van der Waals surface area contributed by atoms with Crippen LogP contribution >= 0.6 is 0 Å². The van der Waals surface area contributed by atoms with Gasteiger partial charge in [0.05, 0.1) is 0 Å². The normalized spacial score (nSPS) is 15.5. The monoisotopic (exact) mass is 170 g/mol. The number of hydrogen-bond acceptors (Lipinski definition) is 0. The minimum absolute atomic E-state index is 1.09. The smallest absolute Gasteiger partial charge is 0.0154 e. The van der Waals surface area contributed by atoms with Crippen molar-refractivity contribution in [1.29, 1.82) is 0 Å². The first-order valence-electron chi connectivity index (χ1n) is 4.72. The van der Waals surface area contributed by atoms with Crippen LogP contribution in [-0.2, 0) is 0 Å². The molecule has 1 aromatic carbocycles. The zero-order chi connectivity index (χ0) is 9.26. The summed E-state index contributed by atoms with van der Waals surface area (Å²) in [5.74, 6) is 0. The highest BCUT2D eigenvalue weighted by molar-refractivity contribution is 5.82. The number of allylic oxidation sites excluding steroid dienone is 4. The summed E-state index contributed by atoms with van der Waals surface area (Å²) in [5, 5.41) is 0. The molecule has 0 aliphatic heterocycles. The predicted molar refractivity (Wildman–Crippen MR) is 57.5 cm³/mol. The fraction of sp³-hybridized carbons (Fsp3) is 0.231. The van der Waals surface area contributed by atoms with E-state index >= 15 is 0 Å². The van der Waals surface area contributed by atoms with E-state index in [-0.39, 0.29) is 0 Å². The van der Waals surface area contributed by atoms with Crippen LogP contribution < -0.4 is 0 Å². The number of aryl methyl sites for hydroxylation is 1. The molecule has 0 spiro atoms. The molecule has 1 aliphatic carbocycles. The van der Waals surface area contributed by atoms with Gasteiger partial charge in [-0.25, -0.2) is 0 Å². The highest BCUT2D eigenvalue weighted by Gasteiger charge is 2.08. The van der Waals surface area contributed by atoms with Crippen molar-refractivity contribution in [2.75, 3.05) is 0 Å². The number of rotatable bonds is 1. The molecule has 0 saturated heterocycles. The van der Waals surface area contributed by atoms with Crippen molar-refractivity contribution in [3.63, 3.8) is 0 Å². The quantitative estimate of drug-likeness (QED) is 0.602. The van der Waals surface area contributed by atoms with Crippen LogP contribution in [0.2, 0.25) is 0 Å². The fourth-order valence-corrected chi connectivity index (χ4v) is 1.82. The molecule has 1 aromatic rings. The molecular weight excluding hydrogens is 156 g/mol. The van der Waals surface area contributed by atoms with Crippen LogP contribution in [0.4, 0.5) is 0 Å². The van der Waals surface area contributed by atoms with Gasteiger partial charge in [-0.2, -0.15) is 0 Å². The van der Waals surface area contributed by atoms with Gasteiger partial charge in [-0.1, -0.05) is 36.4 Å². The van der Waals surface area contributed by atoms with Crippen LogP contribution in [-0.4, -0.2) is 0 Å². The standard InChI is InChI=1S/C13H14/c1-10-6-3-4-8-12(10)13-9-5-7-11(13)2/h3-4,6-9H,5H2,1-2H3. The first-order valence-corrected chi connectivity index (χ1v) is 4.72. The fourth-order valence-electron chi connectivity index (χ4n) is 1.82. The Labute approximate surface area is 79.6 Å². The van der Waals surface area contributed by atoms with Crippen LogP contribution in [0.5, 0.6) is 0 Å². The summed E-state index contributed by atoms with van der Waals surface area (Å²) >= 11 is 0. The maximum Gasteiger partial charge on any atom is -0.0154 e. The van der Waals surface area contributed by atoms with Gasteiger partial charge in [-0.3, -0.25) is 0 Å². The molecule has 0 N–H and O–H groups in total. The zero-order valence-electron chi connectivity index (χ0n) is 8.17. The Morgan fingerprint density at radius 2 is 1.77 bits per heavy atom. The Kier molecular flexibility index (Phi) is 2.05. The average Bonchev–Trinajstić information content (AvgIpc) is 2.52. The molecule has 1 aliphatic rings. The minimum atomic E-state index is 1.09. The molecule has 0 radical (unpaired) electrons. The van der Waals surface area contributed by atoms with Crippen LogP contribution in [0.3, 0.4) is 0 Å². The van der Waals surface area contributed by atoms with E-state index in [9.17, 15) is 0 Å². The van der Waals surface area contributed by atoms with Crippen molar-refractivity contribution in [1.82, 2.24) is 0 Å². The topological polar surface area (TPSA) is 0 Å². The molecule has 0 bridgehead atoms. The van der Waals surface area contributed by atoms with E-state index in [1.165, 1.54) is 22.3 Å². The van der Waals surface area contributed by atoms with E-state index in [0.29, 0.717) is 0 Å². The van der Waals surface area contributed by atoms with Gasteiger partial charge in [0.2, 0.25) is 0 Å². The lowest BCUT2D eigenvalue weighted by Crippen LogP contribution is -1.87. The Hall–Kier alpha value is -1.30. The maximum absolute atomic E-state index is 2.30. The number of benzene rings is 1. The Balaban J connectivity index is 2.47. The van der Waals surface area contributed by atoms with E-state index < -0.39 is 0 Å². The molecule has 0 heterocycles. The van der Waals surface area contributed by atoms with Gasteiger partial charge in [0.25, 0.3) is 0 Å². The molecule has 66 valence electrons. The molecule has 13 heavy (non-hydrogen) atoms. The second-order valence-electron chi connectivity index (χ2n) is 3.56. The third-order valence-corrected chi connectivity index (χ3v) is 2.61. The lowest BCUT2D eigenvalue weighted by atomic mass is 9.98. The molecule has 2 rings (SSSR count). The van der Waals surface area contributed by atoms with Crippen molar-refractivity contribution >= 4 is 5.57 Å². The van der Waals surface area contributed by atoms with Gasteiger partial charge in [-0.15, -0.1) is 0 Å². The number of hydrogen-bond donors (Lipinski definition) is 0. The zero-order valence-corrected chi connectivity index (χ0v) is 8.17. The molecule has 0 atom stereocenters. The predicted octanol–water partition coefficient (Wildman–Crippen LogP) is 3.73. The molecule has 0 nitrogen and oxygen atoms in total. The Morgan fingerprint density at radius 3 is 2.38 bits per heavy atom. The Morgan fingerprint density at radius 1 is 1.00 bits per heavy atom. The van der Waals surface area contributed by atoms with Gasteiger partial charge < -0.3 is 0 Å². The summed E-state index contributed by atoms with van der Waals surface area (Å²) in [6.07, 6.45) is 5.68. The maximum atomic E-state index is 2.30. The molecule has 0 unspecified atom stereocenters. The third-order valence-electron chi connectivity index (χ3n) is 2.61. The molecule has 0 amide bonds. The Bertz CT molecular complexity index is 381. The second-order valence-corrected chi connectivity index (χ2v) is 3.56. The second kappa shape index (κ2) is 3.21. The summed E-state index contributed by atoms with van der Waals surface area (Å²) < 4.78 is 0. The van der Waals surface area contributed by atoms with Crippen molar-refractivity contribution < 1.29 is 0 Å². The van der Waals surface area contributed by atoms with Gasteiger partial charge in [-0.05, 0) is 42.5 Å². The summed E-state index contributed by atoms with van der Waals surface area (Å²) in [6, 6.07) is 8.56. The minimum Gasteiger partial charge on any atom is -0.0772 e. The van der Waals surface area contributed by atoms with E-state index in [2.05, 4.69) is 50.3 Å². The van der Waals surface area contributed by atoms with E-state index in [0.717, 1.165) is 6.42 Å². The molecule has 0 aromatic heterocycles. The van der Waals surface area contributed by atoms with Crippen LogP contribution in [0, 0.1) is 6.92 Å². The van der Waals surface area contributed by atoms with Crippen molar-refractivity contribution in [2.45, 2.75) is 20.3 Å². The summed E-state index contributed by atoms with van der Waals surface area (Å²) in [7, 11) is 0. The molecular formula is C13H14. The first kappa shape index (κ1) is 8.31. The third kappa shape index (κ3) is 1.44. The van der Waals surface area contributed by atoms with Crippen molar-refractivity contribution in [3.8, 4) is 0 Å². The largest absolute Gasteiger partial charge is 0.0772 e. The van der Waals surface area contributed by atoms with E-state index in [1.54, 1.807) is 0 Å².